The lowest BCUT2D eigenvalue weighted by atomic mass is 9.87. The first-order chi connectivity index (χ1) is 7.69. The van der Waals surface area contributed by atoms with Crippen LogP contribution in [-0.2, 0) is 9.53 Å². The summed E-state index contributed by atoms with van der Waals surface area (Å²) in [7, 11) is 0. The summed E-state index contributed by atoms with van der Waals surface area (Å²) in [6.45, 7) is 2.45. The summed E-state index contributed by atoms with van der Waals surface area (Å²) >= 11 is 0. The van der Waals surface area contributed by atoms with Gasteiger partial charge in [0.15, 0.2) is 0 Å². The predicted octanol–water partition coefficient (Wildman–Crippen LogP) is 0.396. The Bertz CT molecular complexity index is 289. The molecule has 2 heterocycles. The van der Waals surface area contributed by atoms with Gasteiger partial charge in [0.05, 0.1) is 25.6 Å². The molecule has 2 aliphatic heterocycles. The largest absolute Gasteiger partial charge is 0.386 e. The Morgan fingerprint density at radius 1 is 1.31 bits per heavy atom. The van der Waals surface area contributed by atoms with Crippen LogP contribution in [0.15, 0.2) is 0 Å². The maximum Gasteiger partial charge on any atom is 0.228 e. The minimum atomic E-state index is -0.550. The minimum Gasteiger partial charge on any atom is -0.386 e. The van der Waals surface area contributed by atoms with Gasteiger partial charge in [0.1, 0.15) is 5.60 Å². The number of nitrogens with zero attached hydrogens (tertiary/aromatic N) is 1. The van der Waals surface area contributed by atoms with Gasteiger partial charge < -0.3 is 14.7 Å². The molecule has 4 heteroatoms. The number of likely N-dealkylation sites (tertiary alicyclic amines) is 1. The Kier molecular flexibility index (Phi) is 2.44. The Morgan fingerprint density at radius 3 is 2.62 bits per heavy atom. The van der Waals surface area contributed by atoms with E-state index in [0.717, 1.165) is 32.3 Å². The Hall–Kier alpha value is -0.610. The second kappa shape index (κ2) is 3.70. The van der Waals surface area contributed by atoms with E-state index < -0.39 is 5.60 Å². The van der Waals surface area contributed by atoms with Gasteiger partial charge in [0, 0.05) is 6.61 Å². The Morgan fingerprint density at radius 2 is 2.06 bits per heavy atom. The van der Waals surface area contributed by atoms with Crippen molar-refractivity contribution in [1.29, 1.82) is 0 Å². The Labute approximate surface area is 95.6 Å². The number of rotatable bonds is 2. The fourth-order valence-corrected chi connectivity index (χ4v) is 2.84. The molecule has 1 amide bonds. The van der Waals surface area contributed by atoms with Crippen LogP contribution in [0.4, 0.5) is 0 Å². The van der Waals surface area contributed by atoms with Crippen LogP contribution in [0.1, 0.15) is 25.7 Å². The molecule has 2 saturated heterocycles. The van der Waals surface area contributed by atoms with Gasteiger partial charge in [-0.3, -0.25) is 4.79 Å². The van der Waals surface area contributed by atoms with Gasteiger partial charge in [0.25, 0.3) is 0 Å². The molecule has 0 radical (unpaired) electrons. The van der Waals surface area contributed by atoms with E-state index in [2.05, 4.69) is 0 Å². The first kappa shape index (κ1) is 10.5. The van der Waals surface area contributed by atoms with Crippen molar-refractivity contribution in [3.05, 3.63) is 0 Å². The molecule has 1 N–H and O–H groups in total. The van der Waals surface area contributed by atoms with E-state index in [4.69, 9.17) is 4.74 Å². The number of amides is 1. The second-order valence-corrected chi connectivity index (χ2v) is 5.49. The van der Waals surface area contributed by atoms with Crippen molar-refractivity contribution in [2.45, 2.75) is 31.3 Å². The van der Waals surface area contributed by atoms with Crippen LogP contribution in [0.3, 0.4) is 0 Å². The number of ether oxygens (including phenoxy) is 1. The van der Waals surface area contributed by atoms with Crippen LogP contribution in [0, 0.1) is 11.8 Å². The lowest BCUT2D eigenvalue weighted by Crippen LogP contribution is -2.66. The minimum absolute atomic E-state index is 0.0394. The van der Waals surface area contributed by atoms with E-state index in [1.165, 1.54) is 0 Å². The molecule has 0 aromatic rings. The van der Waals surface area contributed by atoms with Crippen LogP contribution in [0.25, 0.3) is 0 Å². The molecule has 0 spiro atoms. The molecule has 0 aromatic carbocycles. The SMILES string of the molecule is O=C(C1CCCOC1)N1CC(O)(C2CC2)C1. The van der Waals surface area contributed by atoms with Crippen LogP contribution >= 0.6 is 0 Å². The molecular weight excluding hydrogens is 206 g/mol. The quantitative estimate of drug-likeness (QED) is 0.740. The zero-order valence-corrected chi connectivity index (χ0v) is 9.52. The molecule has 0 bridgehead atoms. The molecule has 1 saturated carbocycles. The average molecular weight is 225 g/mol. The molecular formula is C12H19NO3. The standard InChI is InChI=1S/C12H19NO3/c14-11(9-2-1-5-16-6-9)13-7-12(15,8-13)10-3-4-10/h9-10,15H,1-8H2. The molecule has 16 heavy (non-hydrogen) atoms. The van der Waals surface area contributed by atoms with E-state index in [1.54, 1.807) is 4.90 Å². The normalized spacial score (nSPS) is 33.3. The van der Waals surface area contributed by atoms with E-state index in [9.17, 15) is 9.90 Å². The van der Waals surface area contributed by atoms with Crippen LogP contribution in [0.5, 0.6) is 0 Å². The summed E-state index contributed by atoms with van der Waals surface area (Å²) in [5.74, 6) is 0.682. The Balaban J connectivity index is 1.53. The summed E-state index contributed by atoms with van der Waals surface area (Å²) in [5.41, 5.74) is -0.550. The first-order valence-corrected chi connectivity index (χ1v) is 6.28. The van der Waals surface area contributed by atoms with Crippen molar-refractivity contribution in [2.75, 3.05) is 26.3 Å². The van der Waals surface area contributed by atoms with Crippen molar-refractivity contribution < 1.29 is 14.6 Å². The third-order valence-corrected chi connectivity index (χ3v) is 4.09. The van der Waals surface area contributed by atoms with Gasteiger partial charge in [-0.05, 0) is 31.6 Å². The topological polar surface area (TPSA) is 49.8 Å². The number of carbonyl (C=O) groups is 1. The van der Waals surface area contributed by atoms with Gasteiger partial charge >= 0.3 is 0 Å². The van der Waals surface area contributed by atoms with Crippen LogP contribution in [-0.4, -0.2) is 47.8 Å². The molecule has 3 rings (SSSR count). The van der Waals surface area contributed by atoms with Crippen molar-refractivity contribution in [2.24, 2.45) is 11.8 Å². The van der Waals surface area contributed by atoms with E-state index in [1.807, 2.05) is 0 Å². The van der Waals surface area contributed by atoms with E-state index >= 15 is 0 Å². The number of hydrogen-bond donors (Lipinski definition) is 1. The molecule has 1 aliphatic carbocycles. The highest BCUT2D eigenvalue weighted by Crippen LogP contribution is 2.44. The van der Waals surface area contributed by atoms with Crippen molar-refractivity contribution in [1.82, 2.24) is 4.90 Å². The van der Waals surface area contributed by atoms with Gasteiger partial charge in [-0.2, -0.15) is 0 Å². The molecule has 1 atom stereocenters. The zero-order valence-electron chi connectivity index (χ0n) is 9.52. The number of aliphatic hydroxyl groups is 1. The molecule has 3 fully saturated rings. The fraction of sp³-hybridized carbons (Fsp3) is 0.917. The average Bonchev–Trinajstić information content (AvgIpc) is 3.09. The molecule has 4 nitrogen and oxygen atoms in total. The van der Waals surface area contributed by atoms with Gasteiger partial charge in [-0.25, -0.2) is 0 Å². The first-order valence-electron chi connectivity index (χ1n) is 6.28. The highest BCUT2D eigenvalue weighted by Gasteiger charge is 2.53. The summed E-state index contributed by atoms with van der Waals surface area (Å²) in [6.07, 6.45) is 4.18. The monoisotopic (exact) mass is 225 g/mol. The van der Waals surface area contributed by atoms with E-state index in [0.29, 0.717) is 25.6 Å². The third kappa shape index (κ3) is 1.74. The predicted molar refractivity (Wildman–Crippen MR) is 57.8 cm³/mol. The smallest absolute Gasteiger partial charge is 0.228 e. The van der Waals surface area contributed by atoms with Crippen molar-refractivity contribution in [3.8, 4) is 0 Å². The van der Waals surface area contributed by atoms with Gasteiger partial charge in [-0.15, -0.1) is 0 Å². The number of hydrogen-bond acceptors (Lipinski definition) is 3. The molecule has 0 aromatic heterocycles. The molecule has 90 valence electrons. The third-order valence-electron chi connectivity index (χ3n) is 4.09. The van der Waals surface area contributed by atoms with Crippen LogP contribution < -0.4 is 0 Å². The number of β-amino-alcohol motifs (C(OH)–C–C–N with tert-alkyl or cyclic N) is 1. The van der Waals surface area contributed by atoms with Crippen molar-refractivity contribution in [3.63, 3.8) is 0 Å². The number of carbonyl (C=O) groups excluding carboxylic acids is 1. The molecule has 3 aliphatic rings. The highest BCUT2D eigenvalue weighted by molar-refractivity contribution is 5.80. The summed E-state index contributed by atoms with van der Waals surface area (Å²) in [5, 5.41) is 10.1. The lowest BCUT2D eigenvalue weighted by Gasteiger charge is -2.48. The van der Waals surface area contributed by atoms with Gasteiger partial charge in [0.2, 0.25) is 5.91 Å². The maximum absolute atomic E-state index is 12.0. The van der Waals surface area contributed by atoms with Crippen molar-refractivity contribution >= 4 is 5.91 Å². The second-order valence-electron chi connectivity index (χ2n) is 5.49. The fourth-order valence-electron chi connectivity index (χ4n) is 2.84. The lowest BCUT2D eigenvalue weighted by molar-refractivity contribution is -0.166. The van der Waals surface area contributed by atoms with Crippen LogP contribution in [0.2, 0.25) is 0 Å². The maximum atomic E-state index is 12.0. The summed E-state index contributed by atoms with van der Waals surface area (Å²) < 4.78 is 5.32. The van der Waals surface area contributed by atoms with Gasteiger partial charge in [-0.1, -0.05) is 0 Å². The highest BCUT2D eigenvalue weighted by atomic mass is 16.5. The summed E-state index contributed by atoms with van der Waals surface area (Å²) in [6, 6.07) is 0. The molecule has 1 unspecified atom stereocenters. The zero-order chi connectivity index (χ0) is 11.2. The van der Waals surface area contributed by atoms with E-state index in [-0.39, 0.29) is 11.8 Å². The summed E-state index contributed by atoms with van der Waals surface area (Å²) in [4.78, 5) is 13.8.